The van der Waals surface area contributed by atoms with Gasteiger partial charge >= 0.3 is 0 Å². The molecule has 7 nitrogen and oxygen atoms in total. The van der Waals surface area contributed by atoms with Crippen molar-refractivity contribution in [2.75, 3.05) is 13.1 Å². The lowest BCUT2D eigenvalue weighted by Gasteiger charge is -2.41. The number of fused-ring (bicyclic) bond motifs is 2. The Balaban J connectivity index is 1.11. The molecule has 7 rings (SSSR count). The molecule has 1 aliphatic carbocycles. The molecule has 0 aromatic heterocycles. The minimum Gasteiger partial charge on any atom is -0.392 e. The van der Waals surface area contributed by atoms with Gasteiger partial charge in [-0.15, -0.1) is 0 Å². The molecule has 8 heteroatoms. The number of hydrogen-bond donors (Lipinski definition) is 2. The van der Waals surface area contributed by atoms with Crippen LogP contribution >= 0.6 is 0 Å². The minimum atomic E-state index is -3.62. The lowest BCUT2D eigenvalue weighted by Crippen LogP contribution is -2.42. The van der Waals surface area contributed by atoms with Gasteiger partial charge in [-0.2, -0.15) is 0 Å². The Kier molecular flexibility index (Phi) is 9.56. The van der Waals surface area contributed by atoms with Crippen LogP contribution in [0.25, 0.3) is 11.1 Å². The van der Waals surface area contributed by atoms with Gasteiger partial charge in [0.25, 0.3) is 0 Å². The normalized spacial score (nSPS) is 26.9. The van der Waals surface area contributed by atoms with Gasteiger partial charge in [-0.3, -0.25) is 4.90 Å². The van der Waals surface area contributed by atoms with E-state index in [2.05, 4.69) is 60.7 Å². The van der Waals surface area contributed by atoms with Gasteiger partial charge in [0.2, 0.25) is 10.0 Å². The van der Waals surface area contributed by atoms with Gasteiger partial charge in [0, 0.05) is 37.7 Å². The van der Waals surface area contributed by atoms with Crippen LogP contribution in [0.15, 0.2) is 108 Å². The molecular formula is C41H48N2O5S. The fraction of sp³-hybridized carbons (Fsp3) is 0.415. The summed E-state index contributed by atoms with van der Waals surface area (Å²) in [5, 5.41) is 9.63. The molecule has 258 valence electrons. The van der Waals surface area contributed by atoms with Crippen LogP contribution in [0.3, 0.4) is 0 Å². The van der Waals surface area contributed by atoms with E-state index < -0.39 is 16.3 Å². The van der Waals surface area contributed by atoms with Gasteiger partial charge in [-0.05, 0) is 82.2 Å². The van der Waals surface area contributed by atoms with Crippen molar-refractivity contribution < 1.29 is 23.0 Å². The highest BCUT2D eigenvalue weighted by Gasteiger charge is 2.50. The largest absolute Gasteiger partial charge is 0.392 e. The molecule has 2 bridgehead atoms. The first-order chi connectivity index (χ1) is 23.5. The Hall–Kier alpha value is -3.37. The number of hydrogen-bond acceptors (Lipinski definition) is 6. The zero-order chi connectivity index (χ0) is 34.2. The standard InChI is InChI=1S/C41H48N2O5S/c1-40(2)22-35-23-41(3,27-40)28-43(35)25-36-21-38(31-17-15-29(26-44)16-18-31)48-39(47-36)34-12-8-11-33(20-34)32-10-7-9-30(19-32)24-42-49(45,46)37-13-5-4-6-14-37/h4-20,35-36,38-39,42,44H,21-28H2,1-3H3/t35?,36-,38+,39+,41?/m1/s1. The Morgan fingerprint density at radius 3 is 2.31 bits per heavy atom. The molecule has 0 radical (unpaired) electrons. The second-order valence-corrected chi connectivity index (χ2v) is 17.2. The molecule has 2 aliphatic heterocycles. The van der Waals surface area contributed by atoms with Crippen LogP contribution in [0.1, 0.15) is 81.1 Å². The monoisotopic (exact) mass is 680 g/mol. The summed E-state index contributed by atoms with van der Waals surface area (Å²) >= 11 is 0. The number of sulfonamides is 1. The summed E-state index contributed by atoms with van der Waals surface area (Å²) in [7, 11) is -3.62. The first-order valence-electron chi connectivity index (χ1n) is 17.5. The number of likely N-dealkylation sites (tertiary alicyclic amines) is 1. The van der Waals surface area contributed by atoms with Gasteiger partial charge in [-0.1, -0.05) is 99.6 Å². The molecule has 4 aromatic rings. The van der Waals surface area contributed by atoms with Crippen LogP contribution in [-0.2, 0) is 32.6 Å². The molecule has 49 heavy (non-hydrogen) atoms. The van der Waals surface area contributed by atoms with E-state index in [-0.39, 0.29) is 30.3 Å². The molecule has 1 saturated carbocycles. The lowest BCUT2D eigenvalue weighted by atomic mass is 9.65. The van der Waals surface area contributed by atoms with E-state index in [4.69, 9.17) is 9.47 Å². The molecule has 3 fully saturated rings. The van der Waals surface area contributed by atoms with Crippen molar-refractivity contribution in [2.45, 2.75) is 89.0 Å². The van der Waals surface area contributed by atoms with Gasteiger partial charge in [-0.25, -0.2) is 13.1 Å². The Labute approximate surface area is 291 Å². The fourth-order valence-corrected chi connectivity index (χ4v) is 9.71. The number of benzene rings is 4. The summed E-state index contributed by atoms with van der Waals surface area (Å²) in [4.78, 5) is 2.93. The number of nitrogens with zero attached hydrogens (tertiary/aromatic N) is 1. The van der Waals surface area contributed by atoms with E-state index in [0.717, 1.165) is 52.9 Å². The van der Waals surface area contributed by atoms with Crippen molar-refractivity contribution in [1.29, 1.82) is 0 Å². The van der Waals surface area contributed by atoms with Gasteiger partial charge in [0.05, 0.1) is 23.7 Å². The van der Waals surface area contributed by atoms with Crippen molar-refractivity contribution in [3.63, 3.8) is 0 Å². The van der Waals surface area contributed by atoms with E-state index in [1.165, 1.54) is 19.3 Å². The highest BCUT2D eigenvalue weighted by Crippen LogP contribution is 2.53. The van der Waals surface area contributed by atoms with Crippen LogP contribution in [0, 0.1) is 10.8 Å². The molecule has 2 saturated heterocycles. The quantitative estimate of drug-likeness (QED) is 0.178. The number of aliphatic hydroxyl groups excluding tert-OH is 1. The Morgan fingerprint density at radius 1 is 0.816 bits per heavy atom. The second-order valence-electron chi connectivity index (χ2n) is 15.5. The topological polar surface area (TPSA) is 88.1 Å². The summed E-state index contributed by atoms with van der Waals surface area (Å²) in [6.45, 7) is 9.47. The average Bonchev–Trinajstić information content (AvgIpc) is 3.34. The van der Waals surface area contributed by atoms with Crippen molar-refractivity contribution in [3.8, 4) is 11.1 Å². The predicted molar refractivity (Wildman–Crippen MR) is 192 cm³/mol. The number of rotatable bonds is 10. The molecular weight excluding hydrogens is 633 g/mol. The summed E-state index contributed by atoms with van der Waals surface area (Å²) < 4.78 is 41.9. The predicted octanol–water partition coefficient (Wildman–Crippen LogP) is 7.77. The molecule has 4 aromatic carbocycles. The molecule has 2 unspecified atom stereocenters. The smallest absolute Gasteiger partial charge is 0.240 e. The molecule has 2 N–H and O–H groups in total. The molecule has 3 aliphatic rings. The van der Waals surface area contributed by atoms with E-state index in [1.807, 2.05) is 42.5 Å². The highest BCUT2D eigenvalue weighted by atomic mass is 32.2. The van der Waals surface area contributed by atoms with Crippen LogP contribution in [0.5, 0.6) is 0 Å². The Morgan fingerprint density at radius 2 is 1.55 bits per heavy atom. The molecule has 0 amide bonds. The number of ether oxygens (including phenoxy) is 2. The summed E-state index contributed by atoms with van der Waals surface area (Å²) in [6.07, 6.45) is 3.80. The highest BCUT2D eigenvalue weighted by molar-refractivity contribution is 7.89. The van der Waals surface area contributed by atoms with Crippen LogP contribution in [-0.4, -0.2) is 43.7 Å². The van der Waals surface area contributed by atoms with Crippen LogP contribution in [0.2, 0.25) is 0 Å². The van der Waals surface area contributed by atoms with Crippen molar-refractivity contribution in [3.05, 3.63) is 125 Å². The molecule has 2 heterocycles. The minimum absolute atomic E-state index is 0.00282. The van der Waals surface area contributed by atoms with E-state index in [0.29, 0.717) is 16.9 Å². The maximum atomic E-state index is 12.8. The van der Waals surface area contributed by atoms with E-state index >= 15 is 0 Å². The third-order valence-corrected chi connectivity index (χ3v) is 11.9. The number of aliphatic hydroxyl groups is 1. The summed E-state index contributed by atoms with van der Waals surface area (Å²) in [5.74, 6) is 0. The average molecular weight is 681 g/mol. The van der Waals surface area contributed by atoms with Gasteiger partial charge in [0.1, 0.15) is 0 Å². The maximum Gasteiger partial charge on any atom is 0.240 e. The first-order valence-corrected chi connectivity index (χ1v) is 18.9. The zero-order valence-corrected chi connectivity index (χ0v) is 29.5. The lowest BCUT2D eigenvalue weighted by molar-refractivity contribution is -0.253. The van der Waals surface area contributed by atoms with Crippen LogP contribution < -0.4 is 4.72 Å². The van der Waals surface area contributed by atoms with Gasteiger partial charge < -0.3 is 14.6 Å². The first kappa shape index (κ1) is 34.1. The third-order valence-electron chi connectivity index (χ3n) is 10.5. The van der Waals surface area contributed by atoms with E-state index in [1.54, 1.807) is 30.3 Å². The van der Waals surface area contributed by atoms with Crippen LogP contribution in [0.4, 0.5) is 0 Å². The zero-order valence-electron chi connectivity index (χ0n) is 28.7. The SMILES string of the molecule is CC1(C)CC2CC(C)(CN2C[C@H]2C[C@@H](c3ccc(CO)cc3)O[C@@H](c3cccc(-c4cccc(CNS(=O)(=O)c5ccccc5)c4)c3)O2)C1. The van der Waals surface area contributed by atoms with Crippen molar-refractivity contribution in [1.82, 2.24) is 9.62 Å². The number of nitrogens with one attached hydrogen (secondary N) is 1. The van der Waals surface area contributed by atoms with Crippen molar-refractivity contribution in [2.24, 2.45) is 10.8 Å². The third kappa shape index (κ3) is 7.85. The molecule has 5 atom stereocenters. The fourth-order valence-electron chi connectivity index (χ4n) is 8.67. The van der Waals surface area contributed by atoms with E-state index in [9.17, 15) is 13.5 Å². The Bertz CT molecular complexity index is 1860. The summed E-state index contributed by atoms with van der Waals surface area (Å²) in [6, 6.07) is 33.3. The van der Waals surface area contributed by atoms with Gasteiger partial charge in [0.15, 0.2) is 6.29 Å². The summed E-state index contributed by atoms with van der Waals surface area (Å²) in [5.41, 5.74) is 6.48. The van der Waals surface area contributed by atoms with Crippen molar-refractivity contribution >= 4 is 10.0 Å². The molecule has 0 spiro atoms. The maximum absolute atomic E-state index is 12.8. The second kappa shape index (κ2) is 13.7.